The molecule has 0 unspecified atom stereocenters. The molecule has 1 heteroatoms. The summed E-state index contributed by atoms with van der Waals surface area (Å²) in [5, 5.41) is 2.79. The summed E-state index contributed by atoms with van der Waals surface area (Å²) in [7, 11) is 0. The van der Waals surface area contributed by atoms with Crippen LogP contribution in [0.15, 0.2) is 42.0 Å². The Bertz CT molecular complexity index is 936. The van der Waals surface area contributed by atoms with Gasteiger partial charge in [0.15, 0.2) is 0 Å². The van der Waals surface area contributed by atoms with Gasteiger partial charge in [0.05, 0.1) is 0 Å². The molecule has 0 saturated heterocycles. The van der Waals surface area contributed by atoms with Gasteiger partial charge in [-0.2, -0.15) is 0 Å². The molecular formula is C25H28Zr. The van der Waals surface area contributed by atoms with Gasteiger partial charge in [0.1, 0.15) is 0 Å². The number of benzene rings is 2. The fourth-order valence-corrected chi connectivity index (χ4v) is 4.53. The molecule has 132 valence electrons. The molecule has 0 spiro atoms. The number of hydrogen-bond donors (Lipinski definition) is 0. The fraction of sp³-hybridized carbons (Fsp3) is 0.360. The Labute approximate surface area is 176 Å². The summed E-state index contributed by atoms with van der Waals surface area (Å²) in [6, 6.07) is 11.6. The second-order valence-corrected chi connectivity index (χ2v) is 8.05. The van der Waals surface area contributed by atoms with Gasteiger partial charge in [-0.25, -0.2) is 0 Å². The van der Waals surface area contributed by atoms with Gasteiger partial charge in [-0.05, 0) is 84.4 Å². The van der Waals surface area contributed by atoms with Gasteiger partial charge in [0.2, 0.25) is 0 Å². The van der Waals surface area contributed by atoms with Gasteiger partial charge in [0.25, 0.3) is 0 Å². The van der Waals surface area contributed by atoms with Crippen molar-refractivity contribution in [3.8, 4) is 11.1 Å². The summed E-state index contributed by atoms with van der Waals surface area (Å²) in [6.45, 7) is 6.59. The molecule has 2 aliphatic carbocycles. The zero-order chi connectivity index (χ0) is 17.4. The maximum Gasteiger partial charge on any atom is 0 e. The molecule has 0 radical (unpaired) electrons. The first-order valence-corrected chi connectivity index (χ1v) is 9.73. The van der Waals surface area contributed by atoms with Crippen LogP contribution in [-0.4, -0.2) is 0 Å². The Hall–Kier alpha value is -1.20. The average Bonchev–Trinajstić information content (AvgIpc) is 2.96. The Morgan fingerprint density at radius 2 is 1.42 bits per heavy atom. The summed E-state index contributed by atoms with van der Waals surface area (Å²) in [5.41, 5.74) is 8.16. The first kappa shape index (κ1) is 19.6. The molecule has 0 bridgehead atoms. The second-order valence-electron chi connectivity index (χ2n) is 8.05. The number of fused-ring (bicyclic) bond motifs is 1. The van der Waals surface area contributed by atoms with E-state index in [2.05, 4.69) is 69.3 Å². The van der Waals surface area contributed by atoms with E-state index in [9.17, 15) is 0 Å². The molecule has 1 saturated carbocycles. The van der Waals surface area contributed by atoms with Crippen LogP contribution < -0.4 is 10.4 Å². The molecule has 0 N–H and O–H groups in total. The van der Waals surface area contributed by atoms with E-state index in [1.807, 2.05) is 0 Å². The molecular weight excluding hydrogens is 391 g/mol. The normalized spacial score (nSPS) is 18.0. The monoisotopic (exact) mass is 418 g/mol. The van der Waals surface area contributed by atoms with Crippen molar-refractivity contribution in [3.05, 3.63) is 69.1 Å². The zero-order valence-corrected chi connectivity index (χ0v) is 18.7. The Morgan fingerprint density at radius 1 is 0.769 bits per heavy atom. The third-order valence-electron chi connectivity index (χ3n) is 5.60. The molecule has 0 aliphatic heterocycles. The van der Waals surface area contributed by atoms with Gasteiger partial charge in [-0.1, -0.05) is 66.8 Å². The Kier molecular flexibility index (Phi) is 6.18. The molecule has 0 atom stereocenters. The van der Waals surface area contributed by atoms with Crippen molar-refractivity contribution < 1.29 is 26.2 Å². The van der Waals surface area contributed by atoms with Crippen molar-refractivity contribution in [2.45, 2.75) is 52.9 Å². The topological polar surface area (TPSA) is 0 Å². The molecule has 2 aromatic carbocycles. The summed E-state index contributed by atoms with van der Waals surface area (Å²) in [6.07, 6.45) is 14.3. The van der Waals surface area contributed by atoms with Gasteiger partial charge in [0, 0.05) is 26.2 Å². The van der Waals surface area contributed by atoms with E-state index in [4.69, 9.17) is 0 Å². The average molecular weight is 420 g/mol. The molecule has 0 nitrogen and oxygen atoms in total. The predicted molar refractivity (Wildman–Crippen MR) is 109 cm³/mol. The van der Waals surface area contributed by atoms with E-state index in [0.29, 0.717) is 0 Å². The maximum absolute atomic E-state index is 2.53. The van der Waals surface area contributed by atoms with E-state index in [1.165, 1.54) is 75.9 Å². The van der Waals surface area contributed by atoms with E-state index < -0.39 is 0 Å². The second kappa shape index (κ2) is 8.22. The standard InChI is InChI=1S/C25H28.Zr/c1-17-9-18(2)11-22(10-17)24-13-19(3)12-23-15-21(16-25(23)24)14-20-7-5-4-6-8-20;/h9-16,20H,4-8H2,1-3H3;. The van der Waals surface area contributed by atoms with Gasteiger partial charge in [-0.3, -0.25) is 0 Å². The van der Waals surface area contributed by atoms with Crippen LogP contribution in [0.1, 0.15) is 48.8 Å². The quantitative estimate of drug-likeness (QED) is 0.615. The minimum atomic E-state index is 0. The van der Waals surface area contributed by atoms with Crippen molar-refractivity contribution in [3.63, 3.8) is 0 Å². The first-order valence-electron chi connectivity index (χ1n) is 9.73. The summed E-state index contributed by atoms with van der Waals surface area (Å²) in [5.74, 6) is 0.774. The van der Waals surface area contributed by atoms with Crippen LogP contribution in [-0.2, 0) is 26.2 Å². The van der Waals surface area contributed by atoms with Crippen LogP contribution in [0.3, 0.4) is 0 Å². The number of hydrogen-bond acceptors (Lipinski definition) is 0. The van der Waals surface area contributed by atoms with Gasteiger partial charge < -0.3 is 0 Å². The Morgan fingerprint density at radius 3 is 2.12 bits per heavy atom. The summed E-state index contributed by atoms with van der Waals surface area (Å²) in [4.78, 5) is 0. The Balaban J connectivity index is 0.00000196. The van der Waals surface area contributed by atoms with E-state index in [-0.39, 0.29) is 26.2 Å². The molecule has 2 aliphatic rings. The fourth-order valence-electron chi connectivity index (χ4n) is 4.53. The summed E-state index contributed by atoms with van der Waals surface area (Å²) < 4.78 is 0. The zero-order valence-electron chi connectivity index (χ0n) is 16.2. The molecule has 4 rings (SSSR count). The van der Waals surface area contributed by atoms with Crippen molar-refractivity contribution in [2.24, 2.45) is 5.92 Å². The third-order valence-corrected chi connectivity index (χ3v) is 5.60. The molecule has 1 fully saturated rings. The van der Waals surface area contributed by atoms with Crippen LogP contribution in [0.25, 0.3) is 23.3 Å². The molecule has 2 aromatic rings. The van der Waals surface area contributed by atoms with E-state index in [0.717, 1.165) is 5.92 Å². The number of aryl methyl sites for hydroxylation is 3. The number of rotatable bonds is 2. The van der Waals surface area contributed by atoms with Gasteiger partial charge in [-0.15, -0.1) is 0 Å². The van der Waals surface area contributed by atoms with Crippen LogP contribution in [0.2, 0.25) is 0 Å². The SMILES string of the molecule is Cc1cc(C)cc(-c2cc(C)cc3c2=CC(=CC2CCCCC2)C=3)c1.[Zr]. The molecule has 0 aromatic heterocycles. The van der Waals surface area contributed by atoms with E-state index in [1.54, 1.807) is 0 Å². The van der Waals surface area contributed by atoms with Crippen molar-refractivity contribution >= 4 is 12.2 Å². The molecule has 0 amide bonds. The van der Waals surface area contributed by atoms with Crippen molar-refractivity contribution in [1.82, 2.24) is 0 Å². The van der Waals surface area contributed by atoms with Crippen LogP contribution in [0, 0.1) is 26.7 Å². The van der Waals surface area contributed by atoms with E-state index >= 15 is 0 Å². The molecule has 0 heterocycles. The van der Waals surface area contributed by atoms with Crippen molar-refractivity contribution in [2.75, 3.05) is 0 Å². The van der Waals surface area contributed by atoms with Crippen molar-refractivity contribution in [1.29, 1.82) is 0 Å². The minimum Gasteiger partial charge on any atom is -0.0741 e. The van der Waals surface area contributed by atoms with Crippen LogP contribution in [0.5, 0.6) is 0 Å². The van der Waals surface area contributed by atoms with Crippen LogP contribution in [0.4, 0.5) is 0 Å². The largest absolute Gasteiger partial charge is 0.0741 e. The van der Waals surface area contributed by atoms with Crippen LogP contribution >= 0.6 is 0 Å². The summed E-state index contributed by atoms with van der Waals surface area (Å²) >= 11 is 0. The first-order chi connectivity index (χ1) is 12.1. The smallest absolute Gasteiger partial charge is 0 e. The molecule has 26 heavy (non-hydrogen) atoms. The predicted octanol–water partition coefficient (Wildman–Crippen LogP) is 5.36. The maximum atomic E-state index is 2.53. The third kappa shape index (κ3) is 4.20. The minimum absolute atomic E-state index is 0. The number of allylic oxidation sites excluding steroid dienone is 2. The van der Waals surface area contributed by atoms with Gasteiger partial charge >= 0.3 is 0 Å².